The maximum absolute atomic E-state index is 12.4. The van der Waals surface area contributed by atoms with Gasteiger partial charge >= 0.3 is 0 Å². The number of amides is 1. The third-order valence-corrected chi connectivity index (χ3v) is 6.57. The molecule has 0 saturated heterocycles. The van der Waals surface area contributed by atoms with Crippen molar-refractivity contribution in [2.75, 3.05) is 12.9 Å². The van der Waals surface area contributed by atoms with E-state index >= 15 is 0 Å². The maximum Gasteiger partial charge on any atom is 0.250 e. The Morgan fingerprint density at radius 1 is 0.972 bits per heavy atom. The molecular formula is C29H29N3O3S. The second-order valence-electron chi connectivity index (χ2n) is 8.55. The highest BCUT2D eigenvalue weighted by molar-refractivity contribution is 8.00. The number of aryl methyl sites for hydroxylation is 3. The number of hydrogen-bond acceptors (Lipinski definition) is 6. The van der Waals surface area contributed by atoms with Crippen LogP contribution in [-0.2, 0) is 11.4 Å². The third kappa shape index (κ3) is 6.64. The van der Waals surface area contributed by atoms with Gasteiger partial charge in [0, 0.05) is 16.0 Å². The number of thioether (sulfide) groups is 1. The van der Waals surface area contributed by atoms with Crippen LogP contribution in [0.4, 0.5) is 0 Å². The van der Waals surface area contributed by atoms with Gasteiger partial charge in [-0.05, 0) is 68.3 Å². The fourth-order valence-corrected chi connectivity index (χ4v) is 4.56. The molecule has 0 unspecified atom stereocenters. The monoisotopic (exact) mass is 499 g/mol. The molecule has 1 amide bonds. The zero-order valence-electron chi connectivity index (χ0n) is 20.9. The van der Waals surface area contributed by atoms with Gasteiger partial charge in [0.25, 0.3) is 0 Å². The molecule has 6 nitrogen and oxygen atoms in total. The van der Waals surface area contributed by atoms with Crippen molar-refractivity contribution >= 4 is 34.8 Å². The average Bonchev–Trinajstić information content (AvgIpc) is 2.87. The Kier molecular flexibility index (Phi) is 8.23. The topological polar surface area (TPSA) is 72.8 Å². The van der Waals surface area contributed by atoms with Crippen molar-refractivity contribution in [1.82, 2.24) is 10.4 Å². The molecule has 0 radical (unpaired) electrons. The van der Waals surface area contributed by atoms with Gasteiger partial charge in [0.2, 0.25) is 5.91 Å². The molecule has 0 spiro atoms. The number of hydrazone groups is 1. The summed E-state index contributed by atoms with van der Waals surface area (Å²) in [5, 5.41) is 5.16. The number of pyridine rings is 1. The van der Waals surface area contributed by atoms with Crippen molar-refractivity contribution < 1.29 is 14.3 Å². The van der Waals surface area contributed by atoms with Gasteiger partial charge in [0.05, 0.1) is 24.6 Å². The number of rotatable bonds is 9. The fourth-order valence-electron chi connectivity index (χ4n) is 3.64. The first-order valence-corrected chi connectivity index (χ1v) is 12.6. The number of nitrogens with one attached hydrogen (secondary N) is 1. The molecule has 36 heavy (non-hydrogen) atoms. The first kappa shape index (κ1) is 25.3. The predicted octanol–water partition coefficient (Wildman–Crippen LogP) is 5.99. The summed E-state index contributed by atoms with van der Waals surface area (Å²) in [7, 11) is 1.60. The SMILES string of the molecule is COc1cc(/C=N\NC(=O)CSc2cc(C)nc3ccc(C)cc23)ccc1OCc1ccc(C)cc1. The minimum absolute atomic E-state index is 0.184. The minimum atomic E-state index is -0.184. The number of fused-ring (bicyclic) bond motifs is 1. The van der Waals surface area contributed by atoms with Crippen molar-refractivity contribution in [1.29, 1.82) is 0 Å². The molecule has 0 saturated carbocycles. The van der Waals surface area contributed by atoms with E-state index in [9.17, 15) is 4.79 Å². The van der Waals surface area contributed by atoms with Crippen LogP contribution in [0, 0.1) is 20.8 Å². The summed E-state index contributed by atoms with van der Waals surface area (Å²) in [5.41, 5.74) is 8.69. The van der Waals surface area contributed by atoms with Crippen LogP contribution >= 0.6 is 11.8 Å². The molecule has 4 aromatic rings. The smallest absolute Gasteiger partial charge is 0.250 e. The van der Waals surface area contributed by atoms with Crippen LogP contribution in [0.5, 0.6) is 11.5 Å². The summed E-state index contributed by atoms with van der Waals surface area (Å²) in [6.45, 7) is 6.51. The first-order chi connectivity index (χ1) is 17.4. The van der Waals surface area contributed by atoms with E-state index in [2.05, 4.69) is 40.6 Å². The first-order valence-electron chi connectivity index (χ1n) is 11.6. The van der Waals surface area contributed by atoms with Gasteiger partial charge in [-0.15, -0.1) is 11.8 Å². The molecule has 0 atom stereocenters. The van der Waals surface area contributed by atoms with E-state index < -0.39 is 0 Å². The number of nitrogens with zero attached hydrogens (tertiary/aromatic N) is 2. The van der Waals surface area contributed by atoms with Crippen molar-refractivity contribution in [3.63, 3.8) is 0 Å². The van der Waals surface area contributed by atoms with Crippen LogP contribution in [-0.4, -0.2) is 30.0 Å². The standard InChI is InChI=1S/C29H29N3O3S/c1-19-5-8-22(9-6-19)17-35-26-12-10-23(15-27(26)34-4)16-30-32-29(33)18-36-28-14-21(3)31-25-11-7-20(2)13-24(25)28/h5-16H,17-18H2,1-4H3,(H,32,33)/b30-16-. The van der Waals surface area contributed by atoms with Gasteiger partial charge in [0.1, 0.15) is 6.61 Å². The Labute approximate surface area is 215 Å². The number of methoxy groups -OCH3 is 1. The van der Waals surface area contributed by atoms with Crippen molar-refractivity contribution in [3.8, 4) is 11.5 Å². The largest absolute Gasteiger partial charge is 0.493 e. The third-order valence-electron chi connectivity index (χ3n) is 5.52. The lowest BCUT2D eigenvalue weighted by atomic mass is 10.1. The van der Waals surface area contributed by atoms with E-state index in [0.717, 1.165) is 38.2 Å². The Hall–Kier alpha value is -3.84. The van der Waals surface area contributed by atoms with Gasteiger partial charge in [-0.3, -0.25) is 9.78 Å². The second kappa shape index (κ2) is 11.7. The average molecular weight is 500 g/mol. The quantitative estimate of drug-likeness (QED) is 0.174. The van der Waals surface area contributed by atoms with Crippen LogP contribution in [0.2, 0.25) is 0 Å². The number of benzene rings is 3. The van der Waals surface area contributed by atoms with Crippen molar-refractivity contribution in [3.05, 3.63) is 94.7 Å². The maximum atomic E-state index is 12.4. The summed E-state index contributed by atoms with van der Waals surface area (Å²) in [6.07, 6.45) is 1.59. The molecule has 3 aromatic carbocycles. The number of hydrogen-bond donors (Lipinski definition) is 1. The normalized spacial score (nSPS) is 11.1. The van der Waals surface area contributed by atoms with Crippen molar-refractivity contribution in [2.45, 2.75) is 32.3 Å². The lowest BCUT2D eigenvalue weighted by molar-refractivity contribution is -0.118. The van der Waals surface area contributed by atoms with E-state index in [4.69, 9.17) is 9.47 Å². The Balaban J connectivity index is 1.33. The van der Waals surface area contributed by atoms with Crippen LogP contribution in [0.3, 0.4) is 0 Å². The summed E-state index contributed by atoms with van der Waals surface area (Å²) in [6, 6.07) is 21.9. The Morgan fingerprint density at radius 2 is 1.75 bits per heavy atom. The number of ether oxygens (including phenoxy) is 2. The van der Waals surface area contributed by atoms with Crippen LogP contribution in [0.1, 0.15) is 27.9 Å². The molecule has 1 heterocycles. The summed E-state index contributed by atoms with van der Waals surface area (Å²) < 4.78 is 11.4. The zero-order chi connectivity index (χ0) is 25.5. The van der Waals surface area contributed by atoms with E-state index in [1.54, 1.807) is 13.3 Å². The summed E-state index contributed by atoms with van der Waals surface area (Å²) in [5.74, 6) is 1.31. The highest BCUT2D eigenvalue weighted by Crippen LogP contribution is 2.29. The van der Waals surface area contributed by atoms with Gasteiger partial charge < -0.3 is 9.47 Å². The molecule has 1 aromatic heterocycles. The Bertz CT molecular complexity index is 1400. The number of aromatic nitrogens is 1. The fraction of sp³-hybridized carbons (Fsp3) is 0.207. The van der Waals surface area contributed by atoms with Gasteiger partial charge in [-0.1, -0.05) is 41.5 Å². The van der Waals surface area contributed by atoms with Crippen LogP contribution in [0.15, 0.2) is 76.7 Å². The molecule has 184 valence electrons. The van der Waals surface area contributed by atoms with E-state index in [1.807, 2.05) is 62.4 Å². The molecule has 0 bridgehead atoms. The van der Waals surface area contributed by atoms with Gasteiger partial charge in [-0.25, -0.2) is 5.43 Å². The minimum Gasteiger partial charge on any atom is -0.493 e. The van der Waals surface area contributed by atoms with Gasteiger partial charge in [-0.2, -0.15) is 5.10 Å². The predicted molar refractivity (Wildman–Crippen MR) is 146 cm³/mol. The molecule has 0 fully saturated rings. The highest BCUT2D eigenvalue weighted by Gasteiger charge is 2.09. The van der Waals surface area contributed by atoms with E-state index in [-0.39, 0.29) is 11.7 Å². The number of carbonyl (C=O) groups is 1. The molecular weight excluding hydrogens is 470 g/mol. The molecule has 0 aliphatic heterocycles. The van der Waals surface area contributed by atoms with Crippen LogP contribution in [0.25, 0.3) is 10.9 Å². The lowest BCUT2D eigenvalue weighted by Crippen LogP contribution is -2.19. The summed E-state index contributed by atoms with van der Waals surface area (Å²) in [4.78, 5) is 18.0. The van der Waals surface area contributed by atoms with E-state index in [0.29, 0.717) is 18.1 Å². The molecule has 7 heteroatoms. The van der Waals surface area contributed by atoms with E-state index in [1.165, 1.54) is 17.3 Å². The Morgan fingerprint density at radius 3 is 2.53 bits per heavy atom. The lowest BCUT2D eigenvalue weighted by Gasteiger charge is -2.11. The summed E-state index contributed by atoms with van der Waals surface area (Å²) >= 11 is 1.48. The van der Waals surface area contributed by atoms with Gasteiger partial charge in [0.15, 0.2) is 11.5 Å². The highest BCUT2D eigenvalue weighted by atomic mass is 32.2. The second-order valence-corrected chi connectivity index (χ2v) is 9.57. The molecule has 0 aliphatic rings. The molecule has 4 rings (SSSR count). The van der Waals surface area contributed by atoms with Crippen LogP contribution < -0.4 is 14.9 Å². The molecule has 0 aliphatic carbocycles. The number of carbonyl (C=O) groups excluding carboxylic acids is 1. The molecule has 1 N–H and O–H groups in total. The van der Waals surface area contributed by atoms with Crippen molar-refractivity contribution in [2.24, 2.45) is 5.10 Å². The zero-order valence-corrected chi connectivity index (χ0v) is 21.7.